The van der Waals surface area contributed by atoms with Gasteiger partial charge in [-0.25, -0.2) is 0 Å². The highest BCUT2D eigenvalue weighted by Crippen LogP contribution is 2.31. The molecular weight excluding hydrogens is 170 g/mol. The van der Waals surface area contributed by atoms with Crippen LogP contribution in [-0.2, 0) is 0 Å². The molecule has 0 radical (unpaired) electrons. The van der Waals surface area contributed by atoms with E-state index in [1.165, 1.54) is 17.5 Å². The van der Waals surface area contributed by atoms with Crippen molar-refractivity contribution in [1.82, 2.24) is 5.32 Å². The van der Waals surface area contributed by atoms with E-state index in [0.717, 1.165) is 12.0 Å². The molecule has 14 heavy (non-hydrogen) atoms. The third-order valence-electron chi connectivity index (χ3n) is 3.15. The van der Waals surface area contributed by atoms with Crippen LogP contribution in [0.5, 0.6) is 0 Å². The van der Waals surface area contributed by atoms with E-state index >= 15 is 0 Å². The van der Waals surface area contributed by atoms with Crippen LogP contribution in [-0.4, -0.2) is 6.04 Å². The van der Waals surface area contributed by atoms with E-state index in [1.807, 2.05) is 0 Å². The Labute approximate surface area is 86.5 Å². The molecule has 0 heterocycles. The van der Waals surface area contributed by atoms with Crippen LogP contribution < -0.4 is 5.32 Å². The van der Waals surface area contributed by atoms with Gasteiger partial charge in [0.2, 0.25) is 0 Å². The van der Waals surface area contributed by atoms with E-state index in [2.05, 4.69) is 50.4 Å². The Kier molecular flexibility index (Phi) is 2.60. The van der Waals surface area contributed by atoms with Gasteiger partial charge in [-0.05, 0) is 31.7 Å². The topological polar surface area (TPSA) is 12.0 Å². The van der Waals surface area contributed by atoms with Crippen LogP contribution in [0.2, 0.25) is 0 Å². The second kappa shape index (κ2) is 3.74. The Morgan fingerprint density at radius 3 is 2.36 bits per heavy atom. The molecule has 1 aromatic carbocycles. The lowest BCUT2D eigenvalue weighted by atomic mass is 10.1. The van der Waals surface area contributed by atoms with Crippen molar-refractivity contribution in [2.24, 2.45) is 5.92 Å². The summed E-state index contributed by atoms with van der Waals surface area (Å²) in [6.45, 7) is 6.68. The smallest absolute Gasteiger partial charge is 0.0294 e. The molecule has 3 atom stereocenters. The third-order valence-corrected chi connectivity index (χ3v) is 3.15. The number of hydrogen-bond acceptors (Lipinski definition) is 1. The number of benzene rings is 1. The summed E-state index contributed by atoms with van der Waals surface area (Å²) < 4.78 is 0. The summed E-state index contributed by atoms with van der Waals surface area (Å²) in [5, 5.41) is 3.64. The first kappa shape index (κ1) is 9.72. The molecule has 76 valence electrons. The number of nitrogens with one attached hydrogen (secondary N) is 1. The lowest BCUT2D eigenvalue weighted by Crippen LogP contribution is -2.21. The SMILES string of the molecule is Cc1ccc(C(C)N[C@@H]2C[C@H]2C)cc1. The fourth-order valence-electron chi connectivity index (χ4n) is 1.83. The molecule has 1 aromatic rings. The van der Waals surface area contributed by atoms with Gasteiger partial charge < -0.3 is 5.32 Å². The van der Waals surface area contributed by atoms with Crippen molar-refractivity contribution in [2.75, 3.05) is 0 Å². The molecule has 0 amide bonds. The molecule has 0 bridgehead atoms. The lowest BCUT2D eigenvalue weighted by molar-refractivity contribution is 0.552. The molecule has 0 aromatic heterocycles. The minimum atomic E-state index is 0.491. The van der Waals surface area contributed by atoms with Crippen molar-refractivity contribution in [3.63, 3.8) is 0 Å². The molecule has 1 heteroatoms. The Morgan fingerprint density at radius 2 is 1.86 bits per heavy atom. The first-order valence-electron chi connectivity index (χ1n) is 5.49. The van der Waals surface area contributed by atoms with Crippen molar-refractivity contribution in [3.8, 4) is 0 Å². The normalized spacial score (nSPS) is 27.4. The standard InChI is InChI=1S/C13H19N/c1-9-4-6-12(7-5-9)11(3)14-13-8-10(13)2/h4-7,10-11,13-14H,8H2,1-3H3/t10-,11?,13-/m1/s1. The zero-order valence-corrected chi connectivity index (χ0v) is 9.25. The molecule has 0 saturated heterocycles. The minimum Gasteiger partial charge on any atom is -0.307 e. The Hall–Kier alpha value is -0.820. The quantitative estimate of drug-likeness (QED) is 0.770. The molecule has 0 aliphatic heterocycles. The van der Waals surface area contributed by atoms with Crippen molar-refractivity contribution >= 4 is 0 Å². The molecule has 2 rings (SSSR count). The van der Waals surface area contributed by atoms with Crippen LogP contribution in [0.1, 0.15) is 37.4 Å². The zero-order chi connectivity index (χ0) is 10.1. The Bertz CT molecular complexity index is 302. The summed E-state index contributed by atoms with van der Waals surface area (Å²) in [5.74, 6) is 0.878. The summed E-state index contributed by atoms with van der Waals surface area (Å²) >= 11 is 0. The largest absolute Gasteiger partial charge is 0.307 e. The van der Waals surface area contributed by atoms with E-state index in [1.54, 1.807) is 0 Å². The first-order valence-corrected chi connectivity index (χ1v) is 5.49. The van der Waals surface area contributed by atoms with E-state index in [9.17, 15) is 0 Å². The molecule has 1 nitrogen and oxygen atoms in total. The molecule has 1 unspecified atom stereocenters. The number of aryl methyl sites for hydroxylation is 1. The molecule has 1 N–H and O–H groups in total. The summed E-state index contributed by atoms with van der Waals surface area (Å²) in [6.07, 6.45) is 1.34. The van der Waals surface area contributed by atoms with Gasteiger partial charge in [0.1, 0.15) is 0 Å². The Balaban J connectivity index is 1.96. The summed E-state index contributed by atoms with van der Waals surface area (Å²) in [7, 11) is 0. The molecule has 1 saturated carbocycles. The van der Waals surface area contributed by atoms with Crippen LogP contribution in [0.4, 0.5) is 0 Å². The lowest BCUT2D eigenvalue weighted by Gasteiger charge is -2.14. The summed E-state index contributed by atoms with van der Waals surface area (Å²) in [4.78, 5) is 0. The maximum Gasteiger partial charge on any atom is 0.0294 e. The molecule has 0 spiro atoms. The minimum absolute atomic E-state index is 0.491. The summed E-state index contributed by atoms with van der Waals surface area (Å²) in [5.41, 5.74) is 2.73. The van der Waals surface area contributed by atoms with E-state index in [4.69, 9.17) is 0 Å². The number of hydrogen-bond donors (Lipinski definition) is 1. The van der Waals surface area contributed by atoms with Gasteiger partial charge in [-0.2, -0.15) is 0 Å². The highest BCUT2D eigenvalue weighted by molar-refractivity contribution is 5.24. The third kappa shape index (κ3) is 2.16. The van der Waals surface area contributed by atoms with Crippen LogP contribution in [0.3, 0.4) is 0 Å². The average molecular weight is 189 g/mol. The van der Waals surface area contributed by atoms with Crippen LogP contribution in [0.15, 0.2) is 24.3 Å². The van der Waals surface area contributed by atoms with Gasteiger partial charge in [0.15, 0.2) is 0 Å². The van der Waals surface area contributed by atoms with E-state index in [-0.39, 0.29) is 0 Å². The number of rotatable bonds is 3. The Morgan fingerprint density at radius 1 is 1.29 bits per heavy atom. The van der Waals surface area contributed by atoms with Gasteiger partial charge in [-0.3, -0.25) is 0 Å². The van der Waals surface area contributed by atoms with Crippen molar-refractivity contribution in [3.05, 3.63) is 35.4 Å². The van der Waals surface area contributed by atoms with Crippen LogP contribution in [0.25, 0.3) is 0 Å². The highest BCUT2D eigenvalue weighted by Gasteiger charge is 2.33. The van der Waals surface area contributed by atoms with Crippen molar-refractivity contribution in [1.29, 1.82) is 0 Å². The van der Waals surface area contributed by atoms with Gasteiger partial charge >= 0.3 is 0 Å². The van der Waals surface area contributed by atoms with E-state index in [0.29, 0.717) is 6.04 Å². The van der Waals surface area contributed by atoms with Crippen molar-refractivity contribution < 1.29 is 0 Å². The van der Waals surface area contributed by atoms with Gasteiger partial charge in [0.05, 0.1) is 0 Å². The van der Waals surface area contributed by atoms with Crippen LogP contribution >= 0.6 is 0 Å². The predicted octanol–water partition coefficient (Wildman–Crippen LogP) is 3.05. The summed E-state index contributed by atoms with van der Waals surface area (Å²) in [6, 6.07) is 10.1. The van der Waals surface area contributed by atoms with Gasteiger partial charge in [-0.15, -0.1) is 0 Å². The zero-order valence-electron chi connectivity index (χ0n) is 9.25. The molecular formula is C13H19N. The average Bonchev–Trinajstić information content (AvgIpc) is 2.82. The van der Waals surface area contributed by atoms with Gasteiger partial charge in [-0.1, -0.05) is 36.8 Å². The van der Waals surface area contributed by atoms with Gasteiger partial charge in [0, 0.05) is 12.1 Å². The monoisotopic (exact) mass is 189 g/mol. The molecule has 1 aliphatic carbocycles. The second-order valence-corrected chi connectivity index (χ2v) is 4.62. The first-order chi connectivity index (χ1) is 6.66. The predicted molar refractivity (Wildman–Crippen MR) is 60.3 cm³/mol. The fourth-order valence-corrected chi connectivity index (χ4v) is 1.83. The van der Waals surface area contributed by atoms with Crippen LogP contribution in [0, 0.1) is 12.8 Å². The second-order valence-electron chi connectivity index (χ2n) is 4.62. The van der Waals surface area contributed by atoms with E-state index < -0.39 is 0 Å². The maximum atomic E-state index is 3.64. The molecule has 1 aliphatic rings. The molecule has 1 fully saturated rings. The maximum absolute atomic E-state index is 3.64. The fraction of sp³-hybridized carbons (Fsp3) is 0.538. The van der Waals surface area contributed by atoms with Crippen molar-refractivity contribution in [2.45, 2.75) is 39.3 Å². The van der Waals surface area contributed by atoms with Gasteiger partial charge in [0.25, 0.3) is 0 Å². The highest BCUT2D eigenvalue weighted by atomic mass is 15.0.